The minimum Gasteiger partial charge on any atom is -0.0843 e. The summed E-state index contributed by atoms with van der Waals surface area (Å²) >= 11 is 5.88. The number of hydrogen-bond donors (Lipinski definition) is 0. The van der Waals surface area contributed by atoms with Crippen molar-refractivity contribution in [1.82, 2.24) is 0 Å². The molecular formula is C14H19Cl. The van der Waals surface area contributed by atoms with Gasteiger partial charge in [0.25, 0.3) is 0 Å². The lowest BCUT2D eigenvalue weighted by atomic mass is 9.93. The number of benzene rings is 1. The van der Waals surface area contributed by atoms with Gasteiger partial charge in [-0.2, -0.15) is 0 Å². The van der Waals surface area contributed by atoms with Gasteiger partial charge in [-0.05, 0) is 30.0 Å². The van der Waals surface area contributed by atoms with Gasteiger partial charge in [-0.1, -0.05) is 62.3 Å². The number of hydrogen-bond acceptors (Lipinski definition) is 0. The third-order valence-corrected chi connectivity index (χ3v) is 3.66. The van der Waals surface area contributed by atoms with E-state index in [1.807, 2.05) is 12.1 Å². The van der Waals surface area contributed by atoms with Crippen LogP contribution in [0.5, 0.6) is 0 Å². The van der Waals surface area contributed by atoms with Crippen LogP contribution in [0.3, 0.4) is 0 Å². The summed E-state index contributed by atoms with van der Waals surface area (Å²) in [5, 5.41) is 0.847. The first-order valence-corrected chi connectivity index (χ1v) is 6.47. The summed E-state index contributed by atoms with van der Waals surface area (Å²) in [6.07, 6.45) is 9.83. The van der Waals surface area contributed by atoms with Gasteiger partial charge in [-0.3, -0.25) is 0 Å². The van der Waals surface area contributed by atoms with Crippen LogP contribution in [0.2, 0.25) is 5.02 Å². The molecule has 1 aliphatic carbocycles. The Kier molecular flexibility index (Phi) is 4.08. The summed E-state index contributed by atoms with van der Waals surface area (Å²) in [7, 11) is 0. The van der Waals surface area contributed by atoms with Crippen LogP contribution in [-0.4, -0.2) is 0 Å². The van der Waals surface area contributed by atoms with Crippen LogP contribution in [0.25, 0.3) is 0 Å². The number of rotatable bonds is 2. The van der Waals surface area contributed by atoms with Gasteiger partial charge in [0, 0.05) is 5.02 Å². The van der Waals surface area contributed by atoms with Crippen molar-refractivity contribution in [2.24, 2.45) is 5.92 Å². The Morgan fingerprint density at radius 2 is 1.53 bits per heavy atom. The van der Waals surface area contributed by atoms with Crippen molar-refractivity contribution in [2.75, 3.05) is 0 Å². The second kappa shape index (κ2) is 5.55. The van der Waals surface area contributed by atoms with E-state index in [4.69, 9.17) is 11.6 Å². The maximum atomic E-state index is 5.88. The molecule has 1 heteroatoms. The van der Waals surface area contributed by atoms with Gasteiger partial charge in [0.1, 0.15) is 0 Å². The van der Waals surface area contributed by atoms with Crippen LogP contribution < -0.4 is 0 Å². The Labute approximate surface area is 97.6 Å². The third kappa shape index (κ3) is 3.53. The summed E-state index contributed by atoms with van der Waals surface area (Å²) in [5.41, 5.74) is 1.45. The first-order valence-electron chi connectivity index (χ1n) is 6.09. The second-order valence-corrected chi connectivity index (χ2v) is 5.12. The molecule has 0 nitrogen and oxygen atoms in total. The Morgan fingerprint density at radius 1 is 0.933 bits per heavy atom. The van der Waals surface area contributed by atoms with Crippen LogP contribution >= 0.6 is 11.6 Å². The Balaban J connectivity index is 1.92. The van der Waals surface area contributed by atoms with Crippen molar-refractivity contribution in [2.45, 2.75) is 44.9 Å². The highest BCUT2D eigenvalue weighted by Gasteiger charge is 2.12. The Hall–Kier alpha value is -0.490. The molecule has 82 valence electrons. The molecule has 2 rings (SSSR count). The fraction of sp³-hybridized carbons (Fsp3) is 0.571. The van der Waals surface area contributed by atoms with E-state index in [9.17, 15) is 0 Å². The molecule has 0 aromatic heterocycles. The highest BCUT2D eigenvalue weighted by molar-refractivity contribution is 6.30. The molecule has 15 heavy (non-hydrogen) atoms. The molecule has 1 aromatic rings. The predicted octanol–water partition coefficient (Wildman–Crippen LogP) is 4.85. The van der Waals surface area contributed by atoms with Gasteiger partial charge in [0.15, 0.2) is 0 Å². The molecule has 0 atom stereocenters. The zero-order valence-electron chi connectivity index (χ0n) is 9.21. The molecule has 0 saturated heterocycles. The van der Waals surface area contributed by atoms with E-state index in [1.165, 1.54) is 50.5 Å². The molecule has 0 heterocycles. The van der Waals surface area contributed by atoms with Crippen molar-refractivity contribution >= 4 is 11.6 Å². The van der Waals surface area contributed by atoms with Crippen molar-refractivity contribution < 1.29 is 0 Å². The lowest BCUT2D eigenvalue weighted by Crippen LogP contribution is -2.02. The van der Waals surface area contributed by atoms with Gasteiger partial charge in [-0.25, -0.2) is 0 Å². The second-order valence-electron chi connectivity index (χ2n) is 4.69. The zero-order chi connectivity index (χ0) is 10.5. The van der Waals surface area contributed by atoms with Gasteiger partial charge >= 0.3 is 0 Å². The van der Waals surface area contributed by atoms with Gasteiger partial charge in [0.05, 0.1) is 0 Å². The average molecular weight is 223 g/mol. The maximum absolute atomic E-state index is 5.88. The molecular weight excluding hydrogens is 204 g/mol. The van der Waals surface area contributed by atoms with Gasteiger partial charge in [-0.15, -0.1) is 0 Å². The number of halogens is 1. The van der Waals surface area contributed by atoms with E-state index >= 15 is 0 Å². The molecule has 0 aliphatic heterocycles. The standard InChI is InChI=1S/C14H19Cl/c15-14-9-7-13(8-10-14)11-12-5-3-1-2-4-6-12/h7-10,12H,1-6,11H2. The van der Waals surface area contributed by atoms with Crippen molar-refractivity contribution in [3.05, 3.63) is 34.9 Å². The normalized spacial score (nSPS) is 18.7. The Morgan fingerprint density at radius 3 is 2.13 bits per heavy atom. The summed E-state index contributed by atoms with van der Waals surface area (Å²) in [6, 6.07) is 8.36. The van der Waals surface area contributed by atoms with Crippen LogP contribution in [0, 0.1) is 5.92 Å². The lowest BCUT2D eigenvalue weighted by Gasteiger charge is -2.13. The fourth-order valence-electron chi connectivity index (χ4n) is 2.52. The first kappa shape index (κ1) is 11.0. The summed E-state index contributed by atoms with van der Waals surface area (Å²) in [4.78, 5) is 0. The van der Waals surface area contributed by atoms with Crippen molar-refractivity contribution in [3.8, 4) is 0 Å². The zero-order valence-corrected chi connectivity index (χ0v) is 9.97. The highest BCUT2D eigenvalue weighted by Crippen LogP contribution is 2.26. The molecule has 1 aromatic carbocycles. The van der Waals surface area contributed by atoms with E-state index in [0.717, 1.165) is 10.9 Å². The largest absolute Gasteiger partial charge is 0.0843 e. The minimum absolute atomic E-state index is 0.847. The SMILES string of the molecule is Clc1ccc(CC2CCCCCC2)cc1. The molecule has 0 radical (unpaired) electrons. The summed E-state index contributed by atoms with van der Waals surface area (Å²) in [5.74, 6) is 0.911. The summed E-state index contributed by atoms with van der Waals surface area (Å²) in [6.45, 7) is 0. The molecule has 0 N–H and O–H groups in total. The fourth-order valence-corrected chi connectivity index (χ4v) is 2.65. The minimum atomic E-state index is 0.847. The highest BCUT2D eigenvalue weighted by atomic mass is 35.5. The van der Waals surface area contributed by atoms with Crippen molar-refractivity contribution in [3.63, 3.8) is 0 Å². The van der Waals surface area contributed by atoms with Crippen LogP contribution in [-0.2, 0) is 6.42 Å². The van der Waals surface area contributed by atoms with Crippen LogP contribution in [0.15, 0.2) is 24.3 Å². The Bertz CT molecular complexity index is 281. The first-order chi connectivity index (χ1) is 7.34. The lowest BCUT2D eigenvalue weighted by molar-refractivity contribution is 0.458. The van der Waals surface area contributed by atoms with Crippen LogP contribution in [0.4, 0.5) is 0 Å². The predicted molar refractivity (Wildman–Crippen MR) is 66.3 cm³/mol. The van der Waals surface area contributed by atoms with Gasteiger partial charge < -0.3 is 0 Å². The molecule has 1 fully saturated rings. The molecule has 0 amide bonds. The van der Waals surface area contributed by atoms with Gasteiger partial charge in [0.2, 0.25) is 0 Å². The monoisotopic (exact) mass is 222 g/mol. The summed E-state index contributed by atoms with van der Waals surface area (Å²) < 4.78 is 0. The average Bonchev–Trinajstić information content (AvgIpc) is 2.50. The van der Waals surface area contributed by atoms with E-state index in [2.05, 4.69) is 12.1 Å². The van der Waals surface area contributed by atoms with E-state index in [-0.39, 0.29) is 0 Å². The van der Waals surface area contributed by atoms with E-state index in [0.29, 0.717) is 0 Å². The van der Waals surface area contributed by atoms with Crippen molar-refractivity contribution in [1.29, 1.82) is 0 Å². The van der Waals surface area contributed by atoms with E-state index < -0.39 is 0 Å². The molecule has 1 aliphatic rings. The quantitative estimate of drug-likeness (QED) is 0.628. The molecule has 0 bridgehead atoms. The van der Waals surface area contributed by atoms with E-state index in [1.54, 1.807) is 0 Å². The third-order valence-electron chi connectivity index (χ3n) is 3.41. The smallest absolute Gasteiger partial charge is 0.0406 e. The maximum Gasteiger partial charge on any atom is 0.0406 e. The topological polar surface area (TPSA) is 0 Å². The molecule has 0 spiro atoms. The van der Waals surface area contributed by atoms with Crippen LogP contribution in [0.1, 0.15) is 44.1 Å². The molecule has 0 unspecified atom stereocenters. The molecule has 1 saturated carbocycles.